The third kappa shape index (κ3) is 5.89. The first-order valence-electron chi connectivity index (χ1n) is 14.6. The Morgan fingerprint density at radius 3 is 2.49 bits per heavy atom. The summed E-state index contributed by atoms with van der Waals surface area (Å²) in [7, 11) is 0. The zero-order valence-corrected chi connectivity index (χ0v) is 24.5. The van der Waals surface area contributed by atoms with Gasteiger partial charge in [-0.15, -0.1) is 0 Å². The van der Waals surface area contributed by atoms with Crippen molar-refractivity contribution >= 4 is 34.3 Å². The number of nitrogens with zero attached hydrogens (tertiary/aromatic N) is 5. The topological polar surface area (TPSA) is 184 Å². The second kappa shape index (κ2) is 12.4. The van der Waals surface area contributed by atoms with E-state index in [4.69, 9.17) is 15.9 Å². The van der Waals surface area contributed by atoms with Gasteiger partial charge in [0.15, 0.2) is 5.82 Å². The summed E-state index contributed by atoms with van der Waals surface area (Å²) in [6.45, 7) is 2.34. The minimum atomic E-state index is -0.595. The minimum absolute atomic E-state index is 0.0854. The van der Waals surface area contributed by atoms with Gasteiger partial charge in [0.05, 0.1) is 28.3 Å². The minimum Gasteiger partial charge on any atom is -0.380 e. The van der Waals surface area contributed by atoms with Crippen LogP contribution in [0.5, 0.6) is 0 Å². The van der Waals surface area contributed by atoms with Gasteiger partial charge in [0.25, 0.3) is 11.5 Å². The molecule has 12 heteroatoms. The molecule has 0 saturated heterocycles. The van der Waals surface area contributed by atoms with E-state index in [1.165, 1.54) is 0 Å². The van der Waals surface area contributed by atoms with Crippen LogP contribution < -0.4 is 27.4 Å². The number of para-hydroxylation sites is 1. The van der Waals surface area contributed by atoms with Gasteiger partial charge in [-0.3, -0.25) is 19.4 Å². The van der Waals surface area contributed by atoms with E-state index in [9.17, 15) is 14.9 Å². The molecular formula is C33H31N9O3. The van der Waals surface area contributed by atoms with Crippen molar-refractivity contribution in [3.05, 3.63) is 111 Å². The number of nitrogen functional groups attached to an aromatic ring is 1. The number of aromatic nitrogens is 4. The van der Waals surface area contributed by atoms with Crippen LogP contribution in [0.15, 0.2) is 77.6 Å². The Kier molecular flexibility index (Phi) is 8.09. The predicted molar refractivity (Wildman–Crippen MR) is 170 cm³/mol. The molecule has 2 heterocycles. The average Bonchev–Trinajstić information content (AvgIpc) is 3.92. The van der Waals surface area contributed by atoms with E-state index in [2.05, 4.69) is 26.7 Å². The van der Waals surface area contributed by atoms with Gasteiger partial charge in [-0.2, -0.15) is 10.2 Å². The molecule has 0 aliphatic heterocycles. The van der Waals surface area contributed by atoms with Crippen molar-refractivity contribution in [2.24, 2.45) is 0 Å². The van der Waals surface area contributed by atoms with E-state index >= 15 is 0 Å². The fourth-order valence-corrected chi connectivity index (χ4v) is 5.37. The van der Waals surface area contributed by atoms with E-state index < -0.39 is 11.9 Å². The molecule has 3 aromatic carbocycles. The van der Waals surface area contributed by atoms with Crippen molar-refractivity contribution in [1.82, 2.24) is 25.0 Å². The third-order valence-corrected chi connectivity index (χ3v) is 7.80. The van der Waals surface area contributed by atoms with Gasteiger partial charge in [-0.05, 0) is 61.2 Å². The molecule has 0 spiro atoms. The van der Waals surface area contributed by atoms with Crippen molar-refractivity contribution < 1.29 is 10.0 Å². The summed E-state index contributed by atoms with van der Waals surface area (Å²) < 4.78 is 1.59. The van der Waals surface area contributed by atoms with Crippen LogP contribution in [-0.2, 0) is 6.54 Å². The van der Waals surface area contributed by atoms with E-state index in [-0.39, 0.29) is 17.4 Å². The molecule has 1 fully saturated rings. The molecule has 5 aromatic rings. The second-order valence-electron chi connectivity index (χ2n) is 10.8. The highest BCUT2D eigenvalue weighted by Crippen LogP contribution is 2.42. The van der Waals surface area contributed by atoms with Crippen molar-refractivity contribution in [3.8, 4) is 11.8 Å². The number of nitrogens with two attached hydrogens (primary N) is 1. The lowest BCUT2D eigenvalue weighted by Crippen LogP contribution is -2.29. The molecule has 45 heavy (non-hydrogen) atoms. The van der Waals surface area contributed by atoms with Crippen molar-refractivity contribution in [1.29, 1.82) is 5.26 Å². The van der Waals surface area contributed by atoms with E-state index in [1.807, 2.05) is 49.4 Å². The summed E-state index contributed by atoms with van der Waals surface area (Å²) >= 11 is 0. The van der Waals surface area contributed by atoms with Crippen LogP contribution in [0.1, 0.15) is 71.1 Å². The van der Waals surface area contributed by atoms with Gasteiger partial charge in [0.2, 0.25) is 5.95 Å². The van der Waals surface area contributed by atoms with Crippen LogP contribution in [0.3, 0.4) is 0 Å². The van der Waals surface area contributed by atoms with Crippen molar-refractivity contribution in [2.45, 2.75) is 44.7 Å². The number of amides is 1. The maximum atomic E-state index is 14.4. The Morgan fingerprint density at radius 1 is 1.07 bits per heavy atom. The normalized spacial score (nSPS) is 13.2. The Morgan fingerprint density at radius 2 is 1.82 bits per heavy atom. The molecule has 12 nitrogen and oxygen atoms in total. The summed E-state index contributed by atoms with van der Waals surface area (Å²) in [6, 6.07) is 23.2. The molecule has 0 bridgehead atoms. The molecule has 2 aromatic heterocycles. The fraction of sp³-hybridized carbons (Fsp3) is 0.212. The van der Waals surface area contributed by atoms with Crippen LogP contribution in [-0.4, -0.2) is 30.6 Å². The summed E-state index contributed by atoms with van der Waals surface area (Å²) in [5.74, 6) is 0.468. The molecule has 1 amide bonds. The monoisotopic (exact) mass is 601 g/mol. The zero-order valence-electron chi connectivity index (χ0n) is 24.5. The molecule has 1 aliphatic rings. The summed E-state index contributed by atoms with van der Waals surface area (Å²) in [5.41, 5.74) is 11.4. The Labute approximate surface area is 258 Å². The second-order valence-corrected chi connectivity index (χ2v) is 10.8. The molecule has 0 unspecified atom stereocenters. The molecule has 6 N–H and O–H groups in total. The number of nitrogens with one attached hydrogen (secondary N) is 3. The Hall–Kier alpha value is -5.80. The number of fused-ring (bicyclic) bond motifs is 1. The average molecular weight is 602 g/mol. The van der Waals surface area contributed by atoms with E-state index in [0.29, 0.717) is 63.7 Å². The number of nitriles is 1. The fourth-order valence-electron chi connectivity index (χ4n) is 5.37. The van der Waals surface area contributed by atoms with Crippen LogP contribution in [0.25, 0.3) is 16.6 Å². The molecule has 0 radical (unpaired) electrons. The molecule has 6 rings (SSSR count). The van der Waals surface area contributed by atoms with Gasteiger partial charge >= 0.3 is 0 Å². The van der Waals surface area contributed by atoms with Crippen LogP contribution in [0.4, 0.5) is 17.5 Å². The molecule has 1 aliphatic carbocycles. The standard InChI is InChI=1S/C33H31N9O3/c1-2-24(37-29-23(17-34)28(20-15-16-20)39-33(35)40-29)30-38-26-10-6-9-25(27(26)32(44)42(30)22-7-4-3-5-8-22)36-18-19-11-13-21(14-12-19)31(43)41-45/h3-14,20,24,36,45H,2,15-16,18H2,1H3,(H,41,43)(H3,35,37,39,40)/t24-/m0/s1. The highest BCUT2D eigenvalue weighted by atomic mass is 16.5. The molecular weight excluding hydrogens is 570 g/mol. The number of hydrogen-bond donors (Lipinski definition) is 5. The number of benzene rings is 3. The van der Waals surface area contributed by atoms with Gasteiger partial charge in [-0.1, -0.05) is 43.3 Å². The van der Waals surface area contributed by atoms with Gasteiger partial charge < -0.3 is 16.4 Å². The molecule has 1 saturated carbocycles. The van der Waals surface area contributed by atoms with Crippen LogP contribution >= 0.6 is 0 Å². The molecule has 1 atom stereocenters. The zero-order chi connectivity index (χ0) is 31.5. The van der Waals surface area contributed by atoms with Crippen LogP contribution in [0, 0.1) is 11.3 Å². The number of rotatable bonds is 10. The smallest absolute Gasteiger partial charge is 0.274 e. The molecule has 226 valence electrons. The Bertz CT molecular complexity index is 1980. The van der Waals surface area contributed by atoms with Crippen molar-refractivity contribution in [3.63, 3.8) is 0 Å². The summed E-state index contributed by atoms with van der Waals surface area (Å²) in [4.78, 5) is 39.9. The lowest BCUT2D eigenvalue weighted by atomic mass is 10.1. The third-order valence-electron chi connectivity index (χ3n) is 7.80. The number of carbonyl (C=O) groups is 1. The highest BCUT2D eigenvalue weighted by molar-refractivity contribution is 5.93. The lowest BCUT2D eigenvalue weighted by Gasteiger charge is -2.23. The van der Waals surface area contributed by atoms with Gasteiger partial charge in [0, 0.05) is 23.7 Å². The van der Waals surface area contributed by atoms with Gasteiger partial charge in [-0.25, -0.2) is 15.4 Å². The summed E-state index contributed by atoms with van der Waals surface area (Å²) in [6.07, 6.45) is 2.43. The van der Waals surface area contributed by atoms with Crippen LogP contribution in [0.2, 0.25) is 0 Å². The summed E-state index contributed by atoms with van der Waals surface area (Å²) in [5, 5.41) is 26.0. The maximum Gasteiger partial charge on any atom is 0.274 e. The maximum absolute atomic E-state index is 14.4. The SMILES string of the molecule is CC[C@H](Nc1nc(N)nc(C2CC2)c1C#N)c1nc2cccc(NCc3ccc(C(=O)NO)cc3)c2c(=O)n1-c1ccccc1. The van der Waals surface area contributed by atoms with E-state index in [0.717, 1.165) is 18.4 Å². The highest BCUT2D eigenvalue weighted by Gasteiger charge is 2.31. The quantitative estimate of drug-likeness (QED) is 0.110. The predicted octanol–water partition coefficient (Wildman–Crippen LogP) is 4.80. The first kappa shape index (κ1) is 29.3. The Balaban J connectivity index is 1.42. The number of hydroxylamine groups is 1. The van der Waals surface area contributed by atoms with E-state index in [1.54, 1.807) is 40.4 Å². The number of carbonyl (C=O) groups excluding carboxylic acids is 1. The first-order valence-corrected chi connectivity index (χ1v) is 14.6. The number of anilines is 3. The van der Waals surface area contributed by atoms with Gasteiger partial charge in [0.1, 0.15) is 17.5 Å². The first-order chi connectivity index (χ1) is 21.9. The lowest BCUT2D eigenvalue weighted by molar-refractivity contribution is 0.0706. The van der Waals surface area contributed by atoms with Crippen molar-refractivity contribution in [2.75, 3.05) is 16.4 Å². The number of hydrogen-bond acceptors (Lipinski definition) is 10. The largest absolute Gasteiger partial charge is 0.380 e.